The molecule has 1 aliphatic rings. The molecule has 8 nitrogen and oxygen atoms in total. The van der Waals surface area contributed by atoms with Crippen LogP contribution in [0.15, 0.2) is 72.6 Å². The zero-order chi connectivity index (χ0) is 29.5. The third kappa shape index (κ3) is 7.65. The van der Waals surface area contributed by atoms with Crippen molar-refractivity contribution < 1.29 is 27.8 Å². The first-order valence-corrected chi connectivity index (χ1v) is 14.4. The van der Waals surface area contributed by atoms with Gasteiger partial charge in [0.05, 0.1) is 29.8 Å². The lowest BCUT2D eigenvalue weighted by Gasteiger charge is -2.12. The summed E-state index contributed by atoms with van der Waals surface area (Å²) in [7, 11) is 1.66. The van der Waals surface area contributed by atoms with E-state index in [0.717, 1.165) is 33.8 Å². The number of carbonyl (C=O) groups is 1. The Labute approximate surface area is 250 Å². The standard InChI is InChI=1S/C30H28F2N4O4S2/c1-38-13-12-33-17-21-7-9-25(39-21)27-16-23-29(42-27)26(10-11-34-23)40-24-8-6-20(15-22(24)32)35-30(41)36-28(37)14-18-2-4-19(31)5-3-18/h2-8,10-11,15-16,25,33H,9,12-14,17H2,1H3,(H2,35,36,37,41). The number of aromatic nitrogens is 1. The number of halogens is 2. The highest BCUT2D eigenvalue weighted by atomic mass is 32.1. The summed E-state index contributed by atoms with van der Waals surface area (Å²) in [4.78, 5) is 17.7. The average Bonchev–Trinajstić information content (AvgIpc) is 3.61. The third-order valence-electron chi connectivity index (χ3n) is 6.29. The third-order valence-corrected chi connectivity index (χ3v) is 7.72. The van der Waals surface area contributed by atoms with Gasteiger partial charge in [0.15, 0.2) is 16.7 Å². The molecular weight excluding hydrogens is 582 g/mol. The van der Waals surface area contributed by atoms with E-state index in [-0.39, 0.29) is 35.1 Å². The van der Waals surface area contributed by atoms with Crippen molar-refractivity contribution in [3.05, 3.63) is 94.7 Å². The molecule has 4 aromatic rings. The summed E-state index contributed by atoms with van der Waals surface area (Å²) in [5.74, 6) is 0.0126. The lowest BCUT2D eigenvalue weighted by Crippen LogP contribution is -2.35. The number of amides is 1. The van der Waals surface area contributed by atoms with Crippen LogP contribution in [-0.2, 0) is 20.7 Å². The van der Waals surface area contributed by atoms with E-state index in [4.69, 9.17) is 26.4 Å². The van der Waals surface area contributed by atoms with Crippen LogP contribution >= 0.6 is 23.6 Å². The number of ether oxygens (including phenoxy) is 3. The molecule has 218 valence electrons. The molecule has 5 rings (SSSR count). The topological polar surface area (TPSA) is 93.7 Å². The van der Waals surface area contributed by atoms with Gasteiger partial charge in [-0.25, -0.2) is 8.78 Å². The Morgan fingerprint density at radius 1 is 1.14 bits per heavy atom. The van der Waals surface area contributed by atoms with Gasteiger partial charge in [0.1, 0.15) is 23.4 Å². The van der Waals surface area contributed by atoms with Gasteiger partial charge in [-0.05, 0) is 54.2 Å². The number of nitrogens with one attached hydrogen (secondary N) is 3. The first kappa shape index (κ1) is 29.5. The number of benzene rings is 2. The largest absolute Gasteiger partial charge is 0.488 e. The van der Waals surface area contributed by atoms with Crippen LogP contribution in [-0.4, -0.2) is 42.8 Å². The maximum atomic E-state index is 15.0. The molecule has 0 spiro atoms. The van der Waals surface area contributed by atoms with E-state index in [2.05, 4.69) is 27.0 Å². The molecule has 1 aliphatic heterocycles. The summed E-state index contributed by atoms with van der Waals surface area (Å²) < 4.78 is 46.0. The monoisotopic (exact) mass is 610 g/mol. The zero-order valence-electron chi connectivity index (χ0n) is 22.6. The molecule has 0 saturated carbocycles. The Morgan fingerprint density at radius 2 is 1.98 bits per heavy atom. The van der Waals surface area contributed by atoms with Gasteiger partial charge >= 0.3 is 0 Å². The molecule has 3 N–H and O–H groups in total. The number of thiophene rings is 1. The highest BCUT2D eigenvalue weighted by Crippen LogP contribution is 2.41. The summed E-state index contributed by atoms with van der Waals surface area (Å²) in [6.45, 7) is 2.01. The number of hydrogen-bond donors (Lipinski definition) is 3. The number of pyridine rings is 1. The van der Waals surface area contributed by atoms with Crippen molar-refractivity contribution in [3.8, 4) is 11.5 Å². The highest BCUT2D eigenvalue weighted by molar-refractivity contribution is 7.80. The van der Waals surface area contributed by atoms with Gasteiger partial charge in [-0.3, -0.25) is 9.78 Å². The molecule has 1 atom stereocenters. The van der Waals surface area contributed by atoms with Crippen LogP contribution in [0, 0.1) is 11.6 Å². The second-order valence-electron chi connectivity index (χ2n) is 9.41. The van der Waals surface area contributed by atoms with Crippen molar-refractivity contribution in [2.45, 2.75) is 18.9 Å². The maximum Gasteiger partial charge on any atom is 0.230 e. The Balaban J connectivity index is 1.18. The lowest BCUT2D eigenvalue weighted by atomic mass is 10.1. The van der Waals surface area contributed by atoms with Crippen molar-refractivity contribution in [3.63, 3.8) is 0 Å². The number of thiocarbonyl (C=S) groups is 1. The number of carbonyl (C=O) groups excluding carboxylic acids is 1. The normalized spacial score (nSPS) is 14.4. The zero-order valence-corrected chi connectivity index (χ0v) is 24.2. The van der Waals surface area contributed by atoms with Crippen LogP contribution < -0.4 is 20.7 Å². The minimum Gasteiger partial charge on any atom is -0.488 e. The van der Waals surface area contributed by atoms with Crippen molar-refractivity contribution >= 4 is 50.5 Å². The number of rotatable bonds is 11. The van der Waals surface area contributed by atoms with Crippen molar-refractivity contribution in [1.82, 2.24) is 15.6 Å². The van der Waals surface area contributed by atoms with Crippen LogP contribution in [0.3, 0.4) is 0 Å². The van der Waals surface area contributed by atoms with Crippen molar-refractivity contribution in [2.75, 3.05) is 32.1 Å². The quantitative estimate of drug-likeness (QED) is 0.141. The minimum absolute atomic E-state index is 0.00896. The Bertz CT molecular complexity index is 1610. The van der Waals surface area contributed by atoms with E-state index >= 15 is 4.39 Å². The molecule has 0 radical (unpaired) electrons. The van der Waals surface area contributed by atoms with Crippen LogP contribution in [0.2, 0.25) is 0 Å². The van der Waals surface area contributed by atoms with Gasteiger partial charge in [-0.2, -0.15) is 0 Å². The second-order valence-corrected chi connectivity index (χ2v) is 10.9. The molecule has 0 bridgehead atoms. The van der Waals surface area contributed by atoms with Crippen LogP contribution in [0.4, 0.5) is 14.5 Å². The first-order chi connectivity index (χ1) is 20.4. The molecule has 12 heteroatoms. The summed E-state index contributed by atoms with van der Waals surface area (Å²) >= 11 is 6.69. The number of hydrogen-bond acceptors (Lipinski definition) is 8. The van der Waals surface area contributed by atoms with E-state index in [1.54, 1.807) is 25.4 Å². The summed E-state index contributed by atoms with van der Waals surface area (Å²) in [5, 5.41) is 8.61. The van der Waals surface area contributed by atoms with E-state index in [9.17, 15) is 9.18 Å². The molecule has 0 aliphatic carbocycles. The second kappa shape index (κ2) is 13.8. The Morgan fingerprint density at radius 3 is 2.76 bits per heavy atom. The molecular formula is C30H28F2N4O4S2. The predicted molar refractivity (Wildman–Crippen MR) is 162 cm³/mol. The summed E-state index contributed by atoms with van der Waals surface area (Å²) in [6, 6.07) is 13.6. The van der Waals surface area contributed by atoms with Gasteiger partial charge in [0.2, 0.25) is 5.91 Å². The smallest absolute Gasteiger partial charge is 0.230 e. The summed E-state index contributed by atoms with van der Waals surface area (Å²) in [6.07, 6.45) is 4.35. The van der Waals surface area contributed by atoms with E-state index < -0.39 is 5.82 Å². The minimum atomic E-state index is -0.615. The van der Waals surface area contributed by atoms with Gasteiger partial charge in [0.25, 0.3) is 0 Å². The van der Waals surface area contributed by atoms with Gasteiger partial charge in [-0.1, -0.05) is 12.1 Å². The molecule has 42 heavy (non-hydrogen) atoms. The van der Waals surface area contributed by atoms with Gasteiger partial charge in [0, 0.05) is 49.0 Å². The fourth-order valence-corrected chi connectivity index (χ4v) is 5.60. The molecule has 2 aromatic carbocycles. The number of anilines is 1. The fraction of sp³-hybridized carbons (Fsp3) is 0.233. The van der Waals surface area contributed by atoms with Crippen molar-refractivity contribution in [2.24, 2.45) is 0 Å². The molecule has 1 amide bonds. The molecule has 0 saturated heterocycles. The van der Waals surface area contributed by atoms with Crippen LogP contribution in [0.5, 0.6) is 11.5 Å². The van der Waals surface area contributed by atoms with E-state index in [1.807, 2.05) is 6.07 Å². The molecule has 2 aromatic heterocycles. The summed E-state index contributed by atoms with van der Waals surface area (Å²) in [5.41, 5.74) is 1.71. The first-order valence-electron chi connectivity index (χ1n) is 13.1. The molecule has 3 heterocycles. The van der Waals surface area contributed by atoms with E-state index in [1.165, 1.54) is 47.7 Å². The number of nitrogens with zero attached hydrogens (tertiary/aromatic N) is 1. The molecule has 0 fully saturated rings. The Kier molecular flexibility index (Phi) is 9.70. The average molecular weight is 611 g/mol. The van der Waals surface area contributed by atoms with Gasteiger partial charge in [-0.15, -0.1) is 11.3 Å². The molecule has 1 unspecified atom stereocenters. The SMILES string of the molecule is COCCNCC1=CCC(c2cc3nccc(Oc4ccc(NC(=S)NC(=O)Cc5ccc(F)cc5)cc4F)c3s2)O1. The van der Waals surface area contributed by atoms with Crippen LogP contribution in [0.1, 0.15) is 23.0 Å². The number of fused-ring (bicyclic) bond motifs is 1. The fourth-order valence-electron chi connectivity index (χ4n) is 4.26. The van der Waals surface area contributed by atoms with E-state index in [0.29, 0.717) is 30.2 Å². The Hall–Kier alpha value is -3.97. The van der Waals surface area contributed by atoms with Gasteiger partial charge < -0.3 is 30.2 Å². The van der Waals surface area contributed by atoms with Crippen molar-refractivity contribution in [1.29, 1.82) is 0 Å². The van der Waals surface area contributed by atoms with Crippen LogP contribution in [0.25, 0.3) is 10.2 Å². The highest BCUT2D eigenvalue weighted by Gasteiger charge is 2.23. The predicted octanol–water partition coefficient (Wildman–Crippen LogP) is 6.00. The number of methoxy groups -OCH3 is 1. The lowest BCUT2D eigenvalue weighted by molar-refractivity contribution is -0.119. The maximum absolute atomic E-state index is 15.0.